The second kappa shape index (κ2) is 144. The second-order valence-electron chi connectivity index (χ2n) is 26.3. The zero-order valence-corrected chi connectivity index (χ0v) is 80.3. The molecule has 0 saturated heterocycles. The number of rotatable bonds is 47. The Balaban J connectivity index is -0.0000000405. The fourth-order valence-corrected chi connectivity index (χ4v) is 6.27. The monoisotopic (exact) mass is 2000 g/mol. The standard InChI is InChI=1S/C10H18O3.C9H16O3.C8H12O4.C8H14O3.C7H13NO3.C7H12O4.C7H12O3.C6H11NO3.C6H11NO2.C5H11NO.C5H10O2.C4H8O2.C4H8O.13CH4/c1-5-8(11)6-10(2,3)7-9(12)13-4;1-5-7(10)6-9(2,3)8(11)12-4;1-3-6(9)7(10)4-5-8(11)12-2;1-3-7(9)5-4-6-8(10)11-2;1-3-6(9)4-11-5-7(10)8-2;1-3-6(8)4-11-5-7(9)10-2;1-3-6(8)4-5-7(9)10-2;1-3-5(8)4-10-6(9)7-2;1-3-6(9)4-7-5(2)8;1-3-5(7)4-6-2;1-3-5(6)4-7-2;1-3-4(5)6-2;1-3-4(2)5;;;;;;;;;;;;;/h5-7H2,1-4H3;5-6H2,1-4H3;3-5H2,1-2H3;3-6H2,1-2H3;3-5H2,1-2H3,(H,8,10);3-5H2,1-2H3;3-5H2,1-2H3;3-4H2,1-2H3,(H,7,9);3-4H2,1-2H3,(H,7,8);6H,3-4H2,1-2H3;3-4H2,1-2H3;3H2,1-2H3;3H2,1-2H3;13*1H4. The van der Waals surface area contributed by atoms with Crippen molar-refractivity contribution >= 4 is 135 Å². The van der Waals surface area contributed by atoms with Gasteiger partial charge in [0.25, 0.3) is 0 Å². The Kier molecular flexibility index (Phi) is 208. The van der Waals surface area contributed by atoms with Gasteiger partial charge in [0.2, 0.25) is 11.8 Å². The number of likely N-dealkylation sites (N-methyl/N-ethyl adjacent to an activating group) is 2. The molecule has 0 aliphatic carbocycles. The van der Waals surface area contributed by atoms with Crippen LogP contribution in [0.1, 0.15) is 376 Å². The summed E-state index contributed by atoms with van der Waals surface area (Å²) in [5, 5.41) is 9.79. The van der Waals surface area contributed by atoms with Gasteiger partial charge in [-0.2, -0.15) is 0 Å². The van der Waals surface area contributed by atoms with E-state index in [1.165, 1.54) is 77.9 Å². The Morgan fingerprint density at radius 3 is 0.883 bits per heavy atom. The van der Waals surface area contributed by atoms with Crippen LogP contribution in [0.15, 0.2) is 0 Å². The van der Waals surface area contributed by atoms with Crippen molar-refractivity contribution in [2.75, 3.05) is 131 Å². The van der Waals surface area contributed by atoms with E-state index >= 15 is 0 Å². The first kappa shape index (κ1) is 198. The minimum absolute atomic E-state index is 0. The second-order valence-corrected chi connectivity index (χ2v) is 26.3. The molecule has 0 unspecified atom stereocenters. The fraction of sp³-hybridized carbons (Fsp3) is 0.768. The topological polar surface area (TPSA) is 542 Å². The first-order chi connectivity index (χ1) is 57.8. The van der Waals surface area contributed by atoms with Crippen molar-refractivity contribution < 1.29 is 162 Å². The smallest absolute Gasteiger partial charge is 0.407 e. The maximum absolute atomic E-state index is 11.1. The highest BCUT2D eigenvalue weighted by atomic mass is 16.6. The van der Waals surface area contributed by atoms with Crippen LogP contribution in [0.5, 0.6) is 0 Å². The highest BCUT2D eigenvalue weighted by Gasteiger charge is 2.31. The molecule has 828 valence electrons. The van der Waals surface area contributed by atoms with Crippen LogP contribution in [-0.2, 0) is 158 Å². The van der Waals surface area contributed by atoms with Gasteiger partial charge in [-0.15, -0.1) is 0 Å². The van der Waals surface area contributed by atoms with Gasteiger partial charge in [-0.05, 0) is 39.7 Å². The lowest BCUT2D eigenvalue weighted by atomic mass is 9.83. The quantitative estimate of drug-likeness (QED) is 0.0250. The number of nitrogens with one attached hydrogen (secondary N) is 4. The van der Waals surface area contributed by atoms with Gasteiger partial charge in [0.1, 0.15) is 67.7 Å². The molecule has 0 radical (unpaired) electrons. The van der Waals surface area contributed by atoms with Crippen LogP contribution < -0.4 is 21.3 Å². The van der Waals surface area contributed by atoms with E-state index in [1.54, 1.807) is 83.2 Å². The van der Waals surface area contributed by atoms with E-state index in [9.17, 15) is 110 Å². The number of alkyl carbamates (subject to hydrolysis) is 1. The Morgan fingerprint density at radius 1 is 0.270 bits per heavy atom. The molecular weight excluding hydrogens is 1790 g/mol. The van der Waals surface area contributed by atoms with Crippen molar-refractivity contribution in [2.24, 2.45) is 10.8 Å². The lowest BCUT2D eigenvalue weighted by molar-refractivity contribution is -0.153. The lowest BCUT2D eigenvalue weighted by Gasteiger charge is -2.21. The molecule has 0 aliphatic heterocycles. The van der Waals surface area contributed by atoms with E-state index in [2.05, 4.69) is 63.9 Å². The minimum atomic E-state index is -0.679. The van der Waals surface area contributed by atoms with E-state index < -0.39 is 35.0 Å². The summed E-state index contributed by atoms with van der Waals surface area (Å²) >= 11 is 0. The van der Waals surface area contributed by atoms with Crippen LogP contribution in [0, 0.1) is 10.8 Å². The molecule has 0 aromatic carbocycles. The molecule has 0 heterocycles. The van der Waals surface area contributed by atoms with Gasteiger partial charge in [0, 0.05) is 150 Å². The van der Waals surface area contributed by atoms with Crippen LogP contribution in [0.25, 0.3) is 0 Å². The van der Waals surface area contributed by atoms with Gasteiger partial charge in [-0.25, -0.2) is 9.59 Å². The number of ether oxygens (including phenoxy) is 11. The summed E-state index contributed by atoms with van der Waals surface area (Å²) in [7, 11) is 15.5. The number of ketones is 13. The summed E-state index contributed by atoms with van der Waals surface area (Å²) in [6, 6.07) is 0. The average Bonchev–Trinajstić information content (AvgIpc) is 0.892. The summed E-state index contributed by atoms with van der Waals surface area (Å²) in [6.07, 6.45) is 8.73. The predicted molar refractivity (Wildman–Crippen MR) is 550 cm³/mol. The first-order valence-electron chi connectivity index (χ1n) is 40.6. The molecule has 3 amide bonds. The van der Waals surface area contributed by atoms with Crippen LogP contribution in [0.3, 0.4) is 0 Å². The van der Waals surface area contributed by atoms with E-state index in [0.29, 0.717) is 122 Å². The number of hydrogen-bond acceptors (Lipinski definition) is 35. The van der Waals surface area contributed by atoms with Crippen molar-refractivity contribution in [3.8, 4) is 0 Å². The summed E-state index contributed by atoms with van der Waals surface area (Å²) in [5.74, 6) is -2.30. The SMILES string of the molecule is C.C.C.C.C.C.C.C.C.C.C.C.C.CCC(=O)C(=O)CCC(=O)OC.CCC(=O)CC(C)(C)C(=O)OC.CCC(=O)CC(C)(C)CC(=O)OC.CCC(=O)CCC(=O)OC.CCC(=O)CCCC(=O)OC.CCC(=O)CNC.CCC(=O)CNC(C)=O.CCC(=O)COC.CCC(=O)COC(=O)NC.CCC(=O)COCC(=O)NC.CCC(=O)COCC(=O)OC.CCC(=O)OC.CCC(C)=O. The Hall–Kier alpha value is -9.95. The molecule has 0 aromatic rings. The summed E-state index contributed by atoms with van der Waals surface area (Å²) in [6.45, 7) is 33.9. The number of methoxy groups -OCH3 is 8. The van der Waals surface area contributed by atoms with Gasteiger partial charge >= 0.3 is 47.9 Å². The van der Waals surface area contributed by atoms with Gasteiger partial charge in [0.05, 0.1) is 87.5 Å². The zero-order valence-electron chi connectivity index (χ0n) is 80.3. The Morgan fingerprint density at radius 2 is 0.599 bits per heavy atom. The number of Topliss-reactive ketones (excluding diaryl/α,β-unsaturated/α-hetero) is 13. The Bertz CT molecular complexity index is 2780. The third-order valence-electron chi connectivity index (χ3n) is 14.4. The highest BCUT2D eigenvalue weighted by Crippen LogP contribution is 2.26. The fourth-order valence-electron chi connectivity index (χ4n) is 6.27. The Labute approximate surface area is 832 Å². The number of hydrogen-bond donors (Lipinski definition) is 4. The van der Waals surface area contributed by atoms with Crippen LogP contribution in [0.2, 0.25) is 0 Å². The molecule has 0 aromatic heterocycles. The maximum Gasteiger partial charge on any atom is 0.407 e. The van der Waals surface area contributed by atoms with E-state index in [1.807, 2.05) is 48.5 Å². The molecular formula is C99H208N4O34. The van der Waals surface area contributed by atoms with Crippen molar-refractivity contribution in [1.29, 1.82) is 0 Å². The van der Waals surface area contributed by atoms with Crippen LogP contribution >= 0.6 is 0 Å². The third-order valence-corrected chi connectivity index (χ3v) is 14.4. The summed E-state index contributed by atoms with van der Waals surface area (Å²) < 4.78 is 49.2. The van der Waals surface area contributed by atoms with Crippen molar-refractivity contribution in [3.63, 3.8) is 0 Å². The molecule has 38 heteroatoms. The molecule has 0 bridgehead atoms. The number of carbonyl (C=O) groups excluding carboxylic acids is 23. The van der Waals surface area contributed by atoms with Gasteiger partial charge in [0.15, 0.2) is 47.1 Å². The molecule has 137 heavy (non-hydrogen) atoms. The van der Waals surface area contributed by atoms with Gasteiger partial charge in [-0.3, -0.25) is 95.9 Å². The van der Waals surface area contributed by atoms with Crippen molar-refractivity contribution in [1.82, 2.24) is 21.3 Å². The highest BCUT2D eigenvalue weighted by molar-refractivity contribution is 6.37. The molecule has 0 fully saturated rings. The van der Waals surface area contributed by atoms with Crippen molar-refractivity contribution in [3.05, 3.63) is 0 Å². The normalized spacial score (nSPS) is 8.42. The number of esters is 7. The summed E-state index contributed by atoms with van der Waals surface area (Å²) in [5.41, 5.74) is -0.956. The predicted octanol–water partition coefficient (Wildman–Crippen LogP) is 17.1. The number of amides is 3. The van der Waals surface area contributed by atoms with Crippen LogP contribution in [-0.4, -0.2) is 266 Å². The molecule has 0 saturated carbocycles. The van der Waals surface area contributed by atoms with E-state index in [-0.39, 0.29) is 286 Å². The lowest BCUT2D eigenvalue weighted by Crippen LogP contribution is -2.28. The first-order valence-corrected chi connectivity index (χ1v) is 40.6. The molecule has 0 atom stereocenters. The third kappa shape index (κ3) is 183. The molecule has 0 aliphatic rings. The van der Waals surface area contributed by atoms with Gasteiger partial charge < -0.3 is 78.2 Å². The molecule has 38 nitrogen and oxygen atoms in total. The van der Waals surface area contributed by atoms with Crippen LogP contribution in [0.4, 0.5) is 4.79 Å². The van der Waals surface area contributed by atoms with E-state index in [4.69, 9.17) is 9.47 Å². The van der Waals surface area contributed by atoms with Crippen molar-refractivity contribution in [2.45, 2.75) is 376 Å². The molecule has 0 spiro atoms. The molecule has 4 N–H and O–H groups in total. The van der Waals surface area contributed by atoms with E-state index in [0.717, 1.165) is 0 Å². The average molecular weight is 2000 g/mol. The zero-order chi connectivity index (χ0) is 99.8. The largest absolute Gasteiger partial charge is 0.469 e. The minimum Gasteiger partial charge on any atom is -0.469 e. The summed E-state index contributed by atoms with van der Waals surface area (Å²) in [4.78, 5) is 243. The number of carbonyl (C=O) groups is 23. The molecule has 0 rings (SSSR count). The maximum atomic E-state index is 11.1. The van der Waals surface area contributed by atoms with Gasteiger partial charge in [-0.1, -0.05) is 200 Å².